The molecule has 118 valence electrons. The summed E-state index contributed by atoms with van der Waals surface area (Å²) in [4.78, 5) is 0. The fourth-order valence-electron chi connectivity index (χ4n) is 2.20. The maximum atomic E-state index is 13.1. The van der Waals surface area contributed by atoms with Crippen LogP contribution in [0.25, 0.3) is 0 Å². The Labute approximate surface area is 148 Å². The summed E-state index contributed by atoms with van der Waals surface area (Å²) in [6, 6.07) is 22.1. The van der Waals surface area contributed by atoms with Crippen LogP contribution in [0.4, 0.5) is 5.69 Å². The first-order chi connectivity index (χ1) is 11.1. The summed E-state index contributed by atoms with van der Waals surface area (Å²) in [5.41, 5.74) is 1.59. The van der Waals surface area contributed by atoms with E-state index in [4.69, 9.17) is 0 Å². The van der Waals surface area contributed by atoms with Crippen LogP contribution in [0, 0.1) is 0 Å². The van der Waals surface area contributed by atoms with Gasteiger partial charge in [-0.15, -0.1) is 11.3 Å². The van der Waals surface area contributed by atoms with Crippen molar-refractivity contribution in [2.75, 3.05) is 4.31 Å². The first-order valence-corrected chi connectivity index (χ1v) is 9.99. The summed E-state index contributed by atoms with van der Waals surface area (Å²) >= 11 is 4.55. The number of rotatable bonds is 5. The van der Waals surface area contributed by atoms with Gasteiger partial charge in [-0.3, -0.25) is 4.31 Å². The molecule has 2 aromatic carbocycles. The number of hydrogen-bond acceptors (Lipinski definition) is 3. The molecular formula is C17H14BrNO2S2. The molecule has 0 amide bonds. The van der Waals surface area contributed by atoms with Crippen LogP contribution in [-0.2, 0) is 16.6 Å². The van der Waals surface area contributed by atoms with Crippen molar-refractivity contribution in [1.82, 2.24) is 0 Å². The molecule has 6 heteroatoms. The summed E-state index contributed by atoms with van der Waals surface area (Å²) in [6.45, 7) is 0.294. The summed E-state index contributed by atoms with van der Waals surface area (Å²) in [6.07, 6.45) is 0. The van der Waals surface area contributed by atoms with E-state index in [2.05, 4.69) is 15.9 Å². The lowest BCUT2D eigenvalue weighted by atomic mass is 10.2. The first-order valence-electron chi connectivity index (χ1n) is 6.94. The molecular weight excluding hydrogens is 394 g/mol. The lowest BCUT2D eigenvalue weighted by molar-refractivity contribution is 0.592. The van der Waals surface area contributed by atoms with Gasteiger partial charge in [0.15, 0.2) is 0 Å². The van der Waals surface area contributed by atoms with Gasteiger partial charge in [0.05, 0.1) is 16.0 Å². The van der Waals surface area contributed by atoms with Gasteiger partial charge in [-0.25, -0.2) is 8.42 Å². The number of halogens is 1. The topological polar surface area (TPSA) is 37.4 Å². The van der Waals surface area contributed by atoms with Gasteiger partial charge in [-0.1, -0.05) is 48.5 Å². The number of para-hydroxylation sites is 1. The highest BCUT2D eigenvalue weighted by molar-refractivity contribution is 9.11. The molecule has 0 saturated heterocycles. The summed E-state index contributed by atoms with van der Waals surface area (Å²) in [7, 11) is -3.61. The fraction of sp³-hybridized carbons (Fsp3) is 0.0588. The monoisotopic (exact) mass is 407 g/mol. The predicted molar refractivity (Wildman–Crippen MR) is 98.3 cm³/mol. The van der Waals surface area contributed by atoms with E-state index in [0.29, 0.717) is 16.4 Å². The highest BCUT2D eigenvalue weighted by Gasteiger charge is 2.26. The standard InChI is InChI=1S/C17H14BrNO2S2/c18-16-11-12-17(22-16)23(20,21)19(15-9-5-2-6-10-15)13-14-7-3-1-4-8-14/h1-12H,13H2. The minimum atomic E-state index is -3.61. The molecule has 0 unspecified atom stereocenters. The average Bonchev–Trinajstić information content (AvgIpc) is 3.02. The van der Waals surface area contributed by atoms with Gasteiger partial charge in [-0.05, 0) is 45.8 Å². The lowest BCUT2D eigenvalue weighted by Crippen LogP contribution is -2.29. The zero-order chi connectivity index (χ0) is 16.3. The molecule has 0 aliphatic carbocycles. The molecule has 0 aliphatic heterocycles. The van der Waals surface area contributed by atoms with Gasteiger partial charge < -0.3 is 0 Å². The molecule has 1 aromatic heterocycles. The van der Waals surface area contributed by atoms with Crippen molar-refractivity contribution < 1.29 is 8.42 Å². The Bertz CT molecular complexity index is 877. The second kappa shape index (κ2) is 6.86. The quantitative estimate of drug-likeness (QED) is 0.602. The van der Waals surface area contributed by atoms with Gasteiger partial charge in [-0.2, -0.15) is 0 Å². The van der Waals surface area contributed by atoms with Crippen molar-refractivity contribution in [2.24, 2.45) is 0 Å². The van der Waals surface area contributed by atoms with E-state index in [9.17, 15) is 8.42 Å². The van der Waals surface area contributed by atoms with E-state index in [1.807, 2.05) is 60.7 Å². The molecule has 0 radical (unpaired) electrons. The molecule has 0 atom stereocenters. The third-order valence-electron chi connectivity index (χ3n) is 3.31. The van der Waals surface area contributed by atoms with Crippen LogP contribution < -0.4 is 4.31 Å². The number of sulfonamides is 1. The highest BCUT2D eigenvalue weighted by Crippen LogP contribution is 2.32. The molecule has 0 spiro atoms. The summed E-state index contributed by atoms with van der Waals surface area (Å²) in [5, 5.41) is 0. The van der Waals surface area contributed by atoms with Crippen molar-refractivity contribution in [3.05, 3.63) is 82.1 Å². The van der Waals surface area contributed by atoms with Crippen LogP contribution in [0.3, 0.4) is 0 Å². The number of nitrogens with zero attached hydrogens (tertiary/aromatic N) is 1. The number of thiophene rings is 1. The van der Waals surface area contributed by atoms with E-state index in [0.717, 1.165) is 9.35 Å². The van der Waals surface area contributed by atoms with Crippen LogP contribution in [0.15, 0.2) is 80.8 Å². The molecule has 3 rings (SSSR count). The van der Waals surface area contributed by atoms with Crippen molar-refractivity contribution in [3.63, 3.8) is 0 Å². The molecule has 0 aliphatic rings. The largest absolute Gasteiger partial charge is 0.274 e. The molecule has 1 heterocycles. The fourth-order valence-corrected chi connectivity index (χ4v) is 5.78. The Morgan fingerprint density at radius 3 is 2.04 bits per heavy atom. The molecule has 0 bridgehead atoms. The third kappa shape index (κ3) is 3.65. The highest BCUT2D eigenvalue weighted by atomic mass is 79.9. The molecule has 0 N–H and O–H groups in total. The minimum absolute atomic E-state index is 0.294. The smallest absolute Gasteiger partial charge is 0.261 e. The van der Waals surface area contributed by atoms with Crippen molar-refractivity contribution >= 4 is 43.0 Å². The first kappa shape index (κ1) is 16.2. The molecule has 3 aromatic rings. The van der Waals surface area contributed by atoms with Crippen LogP contribution >= 0.6 is 27.3 Å². The second-order valence-electron chi connectivity index (χ2n) is 4.89. The molecule has 0 fully saturated rings. The van der Waals surface area contributed by atoms with Gasteiger partial charge in [0, 0.05) is 0 Å². The minimum Gasteiger partial charge on any atom is -0.261 e. The van der Waals surface area contributed by atoms with Gasteiger partial charge in [0.1, 0.15) is 4.21 Å². The maximum absolute atomic E-state index is 13.1. The van der Waals surface area contributed by atoms with Crippen LogP contribution in [0.5, 0.6) is 0 Å². The number of hydrogen-bond donors (Lipinski definition) is 0. The Morgan fingerprint density at radius 2 is 1.48 bits per heavy atom. The van der Waals surface area contributed by atoms with E-state index in [1.165, 1.54) is 15.6 Å². The maximum Gasteiger partial charge on any atom is 0.274 e. The molecule has 3 nitrogen and oxygen atoms in total. The van der Waals surface area contributed by atoms with E-state index in [1.54, 1.807) is 12.1 Å². The van der Waals surface area contributed by atoms with Gasteiger partial charge >= 0.3 is 0 Å². The van der Waals surface area contributed by atoms with Gasteiger partial charge in [0.25, 0.3) is 10.0 Å². The van der Waals surface area contributed by atoms with Gasteiger partial charge in [0.2, 0.25) is 0 Å². The van der Waals surface area contributed by atoms with Crippen molar-refractivity contribution in [2.45, 2.75) is 10.8 Å². The van der Waals surface area contributed by atoms with Crippen molar-refractivity contribution in [1.29, 1.82) is 0 Å². The van der Waals surface area contributed by atoms with E-state index < -0.39 is 10.0 Å². The Kier molecular flexibility index (Phi) is 4.84. The van der Waals surface area contributed by atoms with Crippen LogP contribution in [0.1, 0.15) is 5.56 Å². The Balaban J connectivity index is 2.05. The zero-order valence-electron chi connectivity index (χ0n) is 12.1. The van der Waals surface area contributed by atoms with E-state index in [-0.39, 0.29) is 0 Å². The summed E-state index contributed by atoms with van der Waals surface area (Å²) < 4.78 is 28.7. The summed E-state index contributed by atoms with van der Waals surface area (Å²) in [5.74, 6) is 0. The van der Waals surface area contributed by atoms with E-state index >= 15 is 0 Å². The van der Waals surface area contributed by atoms with Crippen LogP contribution in [-0.4, -0.2) is 8.42 Å². The lowest BCUT2D eigenvalue weighted by Gasteiger charge is -2.24. The number of anilines is 1. The normalized spacial score (nSPS) is 11.3. The zero-order valence-corrected chi connectivity index (χ0v) is 15.3. The Hall–Kier alpha value is -1.63. The average molecular weight is 408 g/mol. The molecule has 23 heavy (non-hydrogen) atoms. The third-order valence-corrected chi connectivity index (χ3v) is 7.17. The number of benzene rings is 2. The second-order valence-corrected chi connectivity index (χ2v) is 9.44. The SMILES string of the molecule is O=S(=O)(c1ccc(Br)s1)N(Cc1ccccc1)c1ccccc1. The van der Waals surface area contributed by atoms with Crippen molar-refractivity contribution in [3.8, 4) is 0 Å². The Morgan fingerprint density at radius 1 is 0.870 bits per heavy atom. The molecule has 0 saturated carbocycles. The predicted octanol–water partition coefficient (Wildman–Crippen LogP) is 4.91. The van der Waals surface area contributed by atoms with Crippen LogP contribution in [0.2, 0.25) is 0 Å².